The number of benzene rings is 1. The topological polar surface area (TPSA) is 147 Å². The lowest BCUT2D eigenvalue weighted by atomic mass is 9.81. The van der Waals surface area contributed by atoms with Gasteiger partial charge in [0.1, 0.15) is 11.1 Å². The predicted molar refractivity (Wildman–Crippen MR) is 128 cm³/mol. The number of nitrogens with two attached hydrogens (primary N) is 1. The molecule has 1 aromatic carbocycles. The highest BCUT2D eigenvalue weighted by Crippen LogP contribution is 2.37. The summed E-state index contributed by atoms with van der Waals surface area (Å²) < 4.78 is 29.7. The molecule has 1 aliphatic carbocycles. The van der Waals surface area contributed by atoms with Gasteiger partial charge in [-0.3, -0.25) is 4.79 Å². The largest absolute Gasteiger partial charge is 0.444 e. The molecule has 1 saturated heterocycles. The number of primary sulfonamides is 1. The molecule has 1 amide bonds. The highest BCUT2D eigenvalue weighted by molar-refractivity contribution is 7.89. The second-order valence-corrected chi connectivity index (χ2v) is 10.9. The third kappa shape index (κ3) is 5.65. The third-order valence-electron chi connectivity index (χ3n) is 6.25. The van der Waals surface area contributed by atoms with Crippen LogP contribution in [0.2, 0.25) is 10.0 Å². The predicted octanol–water partition coefficient (Wildman–Crippen LogP) is 2.76. The zero-order valence-corrected chi connectivity index (χ0v) is 20.5. The number of aromatic amines is 1. The number of sulfonamides is 1. The smallest absolute Gasteiger partial charge is 0.407 e. The number of aromatic nitrogens is 2. The first-order valence-corrected chi connectivity index (χ1v) is 13.2. The average molecular weight is 530 g/mol. The fourth-order valence-electron chi connectivity index (χ4n) is 4.69. The summed E-state index contributed by atoms with van der Waals surface area (Å²) in [4.78, 5) is 26.2. The van der Waals surface area contributed by atoms with Gasteiger partial charge in [-0.05, 0) is 48.9 Å². The van der Waals surface area contributed by atoms with Crippen molar-refractivity contribution in [2.75, 3.05) is 18.0 Å². The number of rotatable bonds is 5. The molecular formula is C21H25Cl2N5O5S. The van der Waals surface area contributed by atoms with Crippen LogP contribution in [-0.2, 0) is 14.8 Å². The van der Waals surface area contributed by atoms with Crippen molar-refractivity contribution in [1.82, 2.24) is 15.5 Å². The van der Waals surface area contributed by atoms with Gasteiger partial charge >= 0.3 is 6.09 Å². The molecule has 0 spiro atoms. The summed E-state index contributed by atoms with van der Waals surface area (Å²) >= 11 is 12.2. The third-order valence-corrected chi connectivity index (χ3v) is 7.84. The van der Waals surface area contributed by atoms with Gasteiger partial charge in [0.2, 0.25) is 10.0 Å². The van der Waals surface area contributed by atoms with Crippen LogP contribution in [0.15, 0.2) is 34.1 Å². The van der Waals surface area contributed by atoms with E-state index in [1.165, 1.54) is 18.3 Å². The van der Waals surface area contributed by atoms with Crippen LogP contribution in [0.3, 0.4) is 0 Å². The van der Waals surface area contributed by atoms with E-state index in [-0.39, 0.29) is 28.0 Å². The van der Waals surface area contributed by atoms with Crippen LogP contribution in [0.1, 0.15) is 43.6 Å². The van der Waals surface area contributed by atoms with E-state index in [9.17, 15) is 18.0 Å². The Morgan fingerprint density at radius 1 is 1.26 bits per heavy atom. The van der Waals surface area contributed by atoms with Crippen molar-refractivity contribution in [3.63, 3.8) is 0 Å². The van der Waals surface area contributed by atoms with Crippen molar-refractivity contribution >= 4 is 45.0 Å². The van der Waals surface area contributed by atoms with Crippen LogP contribution >= 0.6 is 23.2 Å². The minimum atomic E-state index is -3.90. The molecule has 0 radical (unpaired) electrons. The van der Waals surface area contributed by atoms with Crippen LogP contribution in [0.4, 0.5) is 10.5 Å². The fraction of sp³-hybridized carbons (Fsp3) is 0.476. The van der Waals surface area contributed by atoms with Crippen LogP contribution in [0.25, 0.3) is 0 Å². The first kappa shape index (κ1) is 24.8. The van der Waals surface area contributed by atoms with Crippen molar-refractivity contribution in [2.45, 2.75) is 55.1 Å². The number of alkyl carbamates (subject to hydrolysis) is 1. The molecule has 10 nitrogen and oxygen atoms in total. The number of carbonyl (C=O) groups excluding carboxylic acids is 1. The Balaban J connectivity index is 1.36. The monoisotopic (exact) mass is 529 g/mol. The van der Waals surface area contributed by atoms with Gasteiger partial charge in [-0.25, -0.2) is 23.4 Å². The van der Waals surface area contributed by atoms with E-state index in [1.54, 1.807) is 6.07 Å². The Bertz CT molecular complexity index is 1240. The first-order chi connectivity index (χ1) is 16.1. The molecule has 1 saturated carbocycles. The zero-order valence-electron chi connectivity index (χ0n) is 18.2. The second kappa shape index (κ2) is 10.1. The standard InChI is InChI=1S/C21H25Cl2N5O5S/c22-13-4-5-18(34(24,31)32)16(9-13)12-2-1-3-14(8-12)26-21(30)33-15-6-7-28(11-15)17-10-25-27-20(29)19(17)23/h4-5,9-10,12,14-15H,1-3,6-8,11H2,(H,26,30)(H,27,29)(H2,24,31,32)/t12?,14-,15-/m1/s1. The van der Waals surface area contributed by atoms with Crippen LogP contribution in [0, 0.1) is 0 Å². The normalized spacial score (nSPS) is 23.0. The Morgan fingerprint density at radius 3 is 2.82 bits per heavy atom. The molecule has 184 valence electrons. The summed E-state index contributed by atoms with van der Waals surface area (Å²) in [5.74, 6) is -0.112. The van der Waals surface area contributed by atoms with Gasteiger partial charge in [0, 0.05) is 24.0 Å². The van der Waals surface area contributed by atoms with Gasteiger partial charge < -0.3 is 15.0 Å². The van der Waals surface area contributed by atoms with E-state index in [0.29, 0.717) is 42.2 Å². The maximum Gasteiger partial charge on any atom is 0.407 e. The first-order valence-electron chi connectivity index (χ1n) is 10.9. The summed E-state index contributed by atoms with van der Waals surface area (Å²) in [6, 6.07) is 4.38. The molecule has 3 atom stereocenters. The lowest BCUT2D eigenvalue weighted by molar-refractivity contribution is 0.102. The van der Waals surface area contributed by atoms with E-state index in [4.69, 9.17) is 33.1 Å². The number of hydrogen-bond donors (Lipinski definition) is 3. The Kier molecular flexibility index (Phi) is 7.36. The maximum atomic E-state index is 12.6. The summed E-state index contributed by atoms with van der Waals surface area (Å²) in [5.41, 5.74) is 0.599. The van der Waals surface area contributed by atoms with Crippen molar-refractivity contribution in [2.24, 2.45) is 5.14 Å². The SMILES string of the molecule is NS(=O)(=O)c1ccc(Cl)cc1C1CCC[C@@H](NC(=O)O[C@@H]2CCN(c3cn[nH]c(=O)c3Cl)C2)C1. The summed E-state index contributed by atoms with van der Waals surface area (Å²) in [6.07, 6.45) is 4.02. The maximum absolute atomic E-state index is 12.6. The van der Waals surface area contributed by atoms with Gasteiger partial charge in [0.25, 0.3) is 5.56 Å². The number of amides is 1. The van der Waals surface area contributed by atoms with Crippen molar-refractivity contribution < 1.29 is 17.9 Å². The number of nitrogens with one attached hydrogen (secondary N) is 2. The molecule has 1 aliphatic heterocycles. The second-order valence-electron chi connectivity index (χ2n) is 8.59. The molecule has 2 aliphatic rings. The van der Waals surface area contributed by atoms with Gasteiger partial charge in [0.05, 0.1) is 23.3 Å². The molecule has 1 aromatic heterocycles. The molecule has 2 heterocycles. The summed E-state index contributed by atoms with van der Waals surface area (Å²) in [5, 5.41) is 14.8. The molecule has 2 fully saturated rings. The van der Waals surface area contributed by atoms with Gasteiger partial charge in [-0.1, -0.05) is 29.6 Å². The van der Waals surface area contributed by atoms with E-state index in [2.05, 4.69) is 15.5 Å². The van der Waals surface area contributed by atoms with E-state index < -0.39 is 21.7 Å². The molecular weight excluding hydrogens is 505 g/mol. The zero-order chi connectivity index (χ0) is 24.5. The van der Waals surface area contributed by atoms with Gasteiger partial charge in [-0.2, -0.15) is 5.10 Å². The van der Waals surface area contributed by atoms with Crippen LogP contribution in [-0.4, -0.2) is 49.9 Å². The molecule has 13 heteroatoms. The fourth-order valence-corrected chi connectivity index (χ4v) is 5.89. The summed E-state index contributed by atoms with van der Waals surface area (Å²) in [6.45, 7) is 0.963. The van der Waals surface area contributed by atoms with E-state index >= 15 is 0 Å². The van der Waals surface area contributed by atoms with Crippen molar-refractivity contribution in [3.05, 3.63) is 50.4 Å². The number of ether oxygens (including phenoxy) is 1. The Morgan fingerprint density at radius 2 is 2.06 bits per heavy atom. The van der Waals surface area contributed by atoms with E-state index in [0.717, 1.165) is 19.3 Å². The number of halogens is 2. The molecule has 4 N–H and O–H groups in total. The molecule has 34 heavy (non-hydrogen) atoms. The van der Waals surface area contributed by atoms with E-state index in [1.807, 2.05) is 4.90 Å². The number of carbonyl (C=O) groups is 1. The number of anilines is 1. The minimum Gasteiger partial charge on any atom is -0.444 e. The lowest BCUT2D eigenvalue weighted by Gasteiger charge is -2.31. The molecule has 1 unspecified atom stereocenters. The van der Waals surface area contributed by atoms with Crippen LogP contribution in [0.5, 0.6) is 0 Å². The average Bonchev–Trinajstić information content (AvgIpc) is 3.23. The quantitative estimate of drug-likeness (QED) is 0.539. The molecule has 4 rings (SSSR count). The lowest BCUT2D eigenvalue weighted by Crippen LogP contribution is -2.40. The Labute approximate surface area is 206 Å². The van der Waals surface area contributed by atoms with Crippen LogP contribution < -0.4 is 20.9 Å². The summed E-state index contributed by atoms with van der Waals surface area (Å²) in [7, 11) is -3.90. The number of hydrogen-bond acceptors (Lipinski definition) is 7. The Hall–Kier alpha value is -2.34. The van der Waals surface area contributed by atoms with Crippen molar-refractivity contribution in [1.29, 1.82) is 0 Å². The van der Waals surface area contributed by atoms with Gasteiger partial charge in [-0.15, -0.1) is 0 Å². The highest BCUT2D eigenvalue weighted by atomic mass is 35.5. The highest BCUT2D eigenvalue weighted by Gasteiger charge is 2.31. The minimum absolute atomic E-state index is 0.0493. The van der Waals surface area contributed by atoms with Gasteiger partial charge in [0.15, 0.2) is 0 Å². The number of H-pyrrole nitrogens is 1. The number of nitrogens with zero attached hydrogens (tertiary/aromatic N) is 2. The molecule has 2 aromatic rings. The van der Waals surface area contributed by atoms with Crippen molar-refractivity contribution in [3.8, 4) is 0 Å². The molecule has 0 bridgehead atoms.